The molecule has 0 bridgehead atoms. The molecule has 1 aromatic heterocycles. The van der Waals surface area contributed by atoms with Crippen molar-refractivity contribution in [3.8, 4) is 0 Å². The first kappa shape index (κ1) is 14.6. The van der Waals surface area contributed by atoms with Crippen LogP contribution in [0.1, 0.15) is 24.8 Å². The molecule has 2 aliphatic rings. The van der Waals surface area contributed by atoms with E-state index in [1.54, 1.807) is 19.6 Å². The van der Waals surface area contributed by atoms with Gasteiger partial charge in [0, 0.05) is 32.3 Å². The first-order valence-corrected chi connectivity index (χ1v) is 7.75. The summed E-state index contributed by atoms with van der Waals surface area (Å²) in [5, 5.41) is 0. The normalized spacial score (nSPS) is 22.3. The molecule has 1 spiro atoms. The van der Waals surface area contributed by atoms with E-state index in [1.807, 2.05) is 11.0 Å². The quantitative estimate of drug-likeness (QED) is 0.829. The molecule has 2 fully saturated rings. The maximum atomic E-state index is 12.6. The van der Waals surface area contributed by atoms with Crippen LogP contribution in [0.4, 0.5) is 0 Å². The van der Waals surface area contributed by atoms with Crippen molar-refractivity contribution in [3.63, 3.8) is 0 Å². The molecule has 0 N–H and O–H groups in total. The van der Waals surface area contributed by atoms with Crippen molar-refractivity contribution < 1.29 is 13.9 Å². The smallest absolute Gasteiger partial charge is 0.229 e. The van der Waals surface area contributed by atoms with E-state index in [4.69, 9.17) is 9.15 Å². The Morgan fingerprint density at radius 2 is 2.05 bits per heavy atom. The van der Waals surface area contributed by atoms with E-state index in [2.05, 4.69) is 4.90 Å². The van der Waals surface area contributed by atoms with E-state index in [0.29, 0.717) is 12.5 Å². The topological polar surface area (TPSA) is 45.9 Å². The minimum absolute atomic E-state index is 0.0966. The summed E-state index contributed by atoms with van der Waals surface area (Å²) < 4.78 is 10.2. The lowest BCUT2D eigenvalue weighted by Crippen LogP contribution is -2.44. The van der Waals surface area contributed by atoms with Gasteiger partial charge in [0.15, 0.2) is 0 Å². The Morgan fingerprint density at radius 1 is 1.29 bits per heavy atom. The second-order valence-corrected chi connectivity index (χ2v) is 6.22. The monoisotopic (exact) mass is 292 g/mol. The first-order valence-electron chi connectivity index (χ1n) is 7.75. The number of methoxy groups -OCH3 is 1. The highest BCUT2D eigenvalue weighted by Crippen LogP contribution is 2.41. The SMILES string of the molecule is COCCN1CCC2(CCN(Cc3ccoc3)CC2)C1=O. The molecule has 0 atom stereocenters. The van der Waals surface area contributed by atoms with Crippen molar-refractivity contribution in [2.24, 2.45) is 5.41 Å². The number of amides is 1. The third kappa shape index (κ3) is 2.99. The zero-order valence-corrected chi connectivity index (χ0v) is 12.7. The molecule has 3 heterocycles. The van der Waals surface area contributed by atoms with Crippen molar-refractivity contribution in [3.05, 3.63) is 24.2 Å². The average molecular weight is 292 g/mol. The van der Waals surface area contributed by atoms with Crippen LogP contribution in [0.5, 0.6) is 0 Å². The summed E-state index contributed by atoms with van der Waals surface area (Å²) in [6.07, 6.45) is 6.49. The van der Waals surface area contributed by atoms with Crippen LogP contribution in [0.15, 0.2) is 23.0 Å². The fraction of sp³-hybridized carbons (Fsp3) is 0.688. The lowest BCUT2D eigenvalue weighted by molar-refractivity contribution is -0.138. The van der Waals surface area contributed by atoms with Gasteiger partial charge in [-0.05, 0) is 38.4 Å². The lowest BCUT2D eigenvalue weighted by atomic mass is 9.77. The maximum Gasteiger partial charge on any atom is 0.229 e. The Bertz CT molecular complexity index is 464. The summed E-state index contributed by atoms with van der Waals surface area (Å²) in [6.45, 7) is 5.17. The Morgan fingerprint density at radius 3 is 2.71 bits per heavy atom. The van der Waals surface area contributed by atoms with Crippen LogP contribution in [-0.2, 0) is 16.1 Å². The Kier molecular flexibility index (Phi) is 4.31. The van der Waals surface area contributed by atoms with E-state index < -0.39 is 0 Å². The van der Waals surface area contributed by atoms with Crippen LogP contribution in [0.2, 0.25) is 0 Å². The molecule has 21 heavy (non-hydrogen) atoms. The molecule has 0 saturated carbocycles. The molecule has 5 nitrogen and oxygen atoms in total. The van der Waals surface area contributed by atoms with Gasteiger partial charge < -0.3 is 14.1 Å². The highest BCUT2D eigenvalue weighted by molar-refractivity contribution is 5.85. The van der Waals surface area contributed by atoms with Crippen LogP contribution in [-0.4, -0.2) is 55.6 Å². The van der Waals surface area contributed by atoms with E-state index in [9.17, 15) is 4.79 Å². The highest BCUT2D eigenvalue weighted by Gasteiger charge is 2.47. The van der Waals surface area contributed by atoms with Crippen molar-refractivity contribution in [2.75, 3.05) is 39.9 Å². The molecule has 0 unspecified atom stereocenters. The van der Waals surface area contributed by atoms with Crippen molar-refractivity contribution in [2.45, 2.75) is 25.8 Å². The van der Waals surface area contributed by atoms with Crippen LogP contribution in [0.3, 0.4) is 0 Å². The minimum Gasteiger partial charge on any atom is -0.472 e. The number of ether oxygens (including phenoxy) is 1. The van der Waals surface area contributed by atoms with E-state index in [-0.39, 0.29) is 5.41 Å². The van der Waals surface area contributed by atoms with Gasteiger partial charge in [-0.25, -0.2) is 0 Å². The van der Waals surface area contributed by atoms with Crippen LogP contribution in [0, 0.1) is 5.41 Å². The molecule has 5 heteroatoms. The maximum absolute atomic E-state index is 12.6. The molecule has 0 aromatic carbocycles. The second-order valence-electron chi connectivity index (χ2n) is 6.22. The fourth-order valence-electron chi connectivity index (χ4n) is 3.55. The standard InChI is InChI=1S/C16H24N2O3/c1-20-11-9-18-8-5-16(15(18)19)3-6-17(7-4-16)12-14-2-10-21-13-14/h2,10,13H,3-9,11-12H2,1H3. The number of nitrogens with zero attached hydrogens (tertiary/aromatic N) is 2. The summed E-state index contributed by atoms with van der Waals surface area (Å²) >= 11 is 0. The van der Waals surface area contributed by atoms with Crippen LogP contribution < -0.4 is 0 Å². The predicted octanol–water partition coefficient (Wildman–Crippen LogP) is 1.74. The molecule has 1 amide bonds. The molecule has 1 aromatic rings. The van der Waals surface area contributed by atoms with Crippen molar-refractivity contribution in [1.29, 1.82) is 0 Å². The van der Waals surface area contributed by atoms with Gasteiger partial charge in [0.2, 0.25) is 5.91 Å². The third-order valence-corrected chi connectivity index (χ3v) is 4.97. The van der Waals surface area contributed by atoms with Crippen molar-refractivity contribution in [1.82, 2.24) is 9.80 Å². The first-order chi connectivity index (χ1) is 10.2. The summed E-state index contributed by atoms with van der Waals surface area (Å²) in [5.74, 6) is 0.350. The largest absolute Gasteiger partial charge is 0.472 e. The Hall–Kier alpha value is -1.33. The molecule has 0 radical (unpaired) electrons. The van der Waals surface area contributed by atoms with Crippen LogP contribution >= 0.6 is 0 Å². The zero-order valence-electron chi connectivity index (χ0n) is 12.7. The second kappa shape index (κ2) is 6.20. The Labute approximate surface area is 125 Å². The van der Waals surface area contributed by atoms with Gasteiger partial charge in [-0.1, -0.05) is 0 Å². The number of hydrogen-bond acceptors (Lipinski definition) is 4. The van der Waals surface area contributed by atoms with Gasteiger partial charge in [0.25, 0.3) is 0 Å². The van der Waals surface area contributed by atoms with E-state index >= 15 is 0 Å². The highest BCUT2D eigenvalue weighted by atomic mass is 16.5. The van der Waals surface area contributed by atoms with Gasteiger partial charge in [0.05, 0.1) is 24.5 Å². The van der Waals surface area contributed by atoms with Crippen LogP contribution in [0.25, 0.3) is 0 Å². The molecular formula is C16H24N2O3. The number of hydrogen-bond donors (Lipinski definition) is 0. The molecule has 3 rings (SSSR count). The number of rotatable bonds is 5. The summed E-state index contributed by atoms with van der Waals surface area (Å²) in [5.41, 5.74) is 1.12. The molecule has 2 aliphatic heterocycles. The Balaban J connectivity index is 1.54. The number of carbonyl (C=O) groups excluding carboxylic acids is 1. The van der Waals surface area contributed by atoms with Crippen molar-refractivity contribution >= 4 is 5.91 Å². The predicted molar refractivity (Wildman–Crippen MR) is 78.7 cm³/mol. The van der Waals surface area contributed by atoms with Gasteiger partial charge in [-0.15, -0.1) is 0 Å². The van der Waals surface area contributed by atoms with Gasteiger partial charge in [0.1, 0.15) is 0 Å². The van der Waals surface area contributed by atoms with E-state index in [0.717, 1.165) is 52.0 Å². The van der Waals surface area contributed by atoms with Gasteiger partial charge in [-0.2, -0.15) is 0 Å². The number of furan rings is 1. The summed E-state index contributed by atoms with van der Waals surface area (Å²) in [6, 6.07) is 2.01. The molecule has 116 valence electrons. The van der Waals surface area contributed by atoms with Gasteiger partial charge in [-0.3, -0.25) is 9.69 Å². The lowest BCUT2D eigenvalue weighted by Gasteiger charge is -2.37. The minimum atomic E-state index is -0.0966. The van der Waals surface area contributed by atoms with E-state index in [1.165, 1.54) is 5.56 Å². The number of likely N-dealkylation sites (tertiary alicyclic amines) is 2. The molecular weight excluding hydrogens is 268 g/mol. The average Bonchev–Trinajstić information content (AvgIpc) is 3.11. The number of piperidine rings is 1. The molecule has 0 aliphatic carbocycles. The van der Waals surface area contributed by atoms with Gasteiger partial charge >= 0.3 is 0 Å². The summed E-state index contributed by atoms with van der Waals surface area (Å²) in [7, 11) is 1.69. The number of carbonyl (C=O) groups is 1. The zero-order chi connectivity index (χ0) is 14.7. The molecule has 2 saturated heterocycles. The fourth-order valence-corrected chi connectivity index (χ4v) is 3.55. The summed E-state index contributed by atoms with van der Waals surface area (Å²) in [4.78, 5) is 17.0. The third-order valence-electron chi connectivity index (χ3n) is 4.97.